The number of fused-ring (bicyclic) bond motifs is 1. The molecule has 0 aromatic heterocycles. The molecule has 0 saturated carbocycles. The van der Waals surface area contributed by atoms with Crippen LogP contribution in [0.25, 0.3) is 0 Å². The maximum atomic E-state index is 11.0. The van der Waals surface area contributed by atoms with Crippen molar-refractivity contribution in [2.75, 3.05) is 6.61 Å². The largest absolute Gasteiger partial charge is 0.481 e. The molecule has 3 atom stereocenters. The summed E-state index contributed by atoms with van der Waals surface area (Å²) in [7, 11) is 0. The molecule has 0 amide bonds. The fourth-order valence-electron chi connectivity index (χ4n) is 2.08. The molecular weight excluding hydrogens is 168 g/mol. The summed E-state index contributed by atoms with van der Waals surface area (Å²) in [5.41, 5.74) is -0.720. The lowest BCUT2D eigenvalue weighted by atomic mass is 9.60. The van der Waals surface area contributed by atoms with Gasteiger partial charge in [-0.05, 0) is 6.42 Å². The predicted octanol–water partition coefficient (Wildman–Crippen LogP) is 0.812. The molecule has 2 aliphatic rings. The van der Waals surface area contributed by atoms with Gasteiger partial charge in [0, 0.05) is 18.4 Å². The Balaban J connectivity index is 2.26. The predicted molar refractivity (Wildman–Crippen MR) is 47.0 cm³/mol. The Morgan fingerprint density at radius 2 is 2.23 bits per heavy atom. The van der Waals surface area contributed by atoms with Gasteiger partial charge in [0.2, 0.25) is 0 Å². The molecule has 2 aliphatic carbocycles. The zero-order valence-electron chi connectivity index (χ0n) is 7.18. The first-order valence-electron chi connectivity index (χ1n) is 4.41. The Labute approximate surface area is 76.4 Å². The van der Waals surface area contributed by atoms with Gasteiger partial charge in [0.15, 0.2) is 0 Å². The van der Waals surface area contributed by atoms with Crippen LogP contribution in [0.4, 0.5) is 0 Å². The van der Waals surface area contributed by atoms with E-state index in [0.29, 0.717) is 6.42 Å². The van der Waals surface area contributed by atoms with Gasteiger partial charge in [0.05, 0.1) is 5.41 Å². The highest BCUT2D eigenvalue weighted by molar-refractivity contribution is 5.81. The number of rotatable bonds is 2. The van der Waals surface area contributed by atoms with Gasteiger partial charge in [-0.2, -0.15) is 0 Å². The molecule has 2 N–H and O–H groups in total. The molecule has 13 heavy (non-hydrogen) atoms. The minimum atomic E-state index is -0.775. The van der Waals surface area contributed by atoms with Gasteiger partial charge in [0.1, 0.15) is 0 Å². The van der Waals surface area contributed by atoms with E-state index >= 15 is 0 Å². The van der Waals surface area contributed by atoms with Crippen molar-refractivity contribution in [1.82, 2.24) is 0 Å². The van der Waals surface area contributed by atoms with Crippen LogP contribution < -0.4 is 0 Å². The molecular formula is C10H12O3. The lowest BCUT2D eigenvalue weighted by Gasteiger charge is -2.42. The van der Waals surface area contributed by atoms with Gasteiger partial charge in [-0.3, -0.25) is 4.79 Å². The summed E-state index contributed by atoms with van der Waals surface area (Å²) in [4.78, 5) is 11.0. The standard InChI is InChI=1S/C10H12O3/c11-6-7-1-2-8-3-4-10(8,5-7)9(12)13/h1-4,7-8,11H,5-6H2,(H,12,13). The summed E-state index contributed by atoms with van der Waals surface area (Å²) in [6.07, 6.45) is 7.97. The van der Waals surface area contributed by atoms with Gasteiger partial charge in [-0.1, -0.05) is 24.3 Å². The van der Waals surface area contributed by atoms with Crippen LogP contribution in [0.1, 0.15) is 6.42 Å². The number of allylic oxidation sites excluding steroid dienone is 2. The molecule has 2 rings (SSSR count). The normalized spacial score (nSPS) is 41.0. The first-order valence-corrected chi connectivity index (χ1v) is 4.41. The minimum Gasteiger partial charge on any atom is -0.481 e. The zero-order valence-corrected chi connectivity index (χ0v) is 7.18. The van der Waals surface area contributed by atoms with Crippen LogP contribution in [0.3, 0.4) is 0 Å². The molecule has 0 aromatic rings. The number of aliphatic hydroxyl groups is 1. The van der Waals surface area contributed by atoms with E-state index in [-0.39, 0.29) is 18.4 Å². The van der Waals surface area contributed by atoms with Crippen LogP contribution in [0.5, 0.6) is 0 Å². The van der Waals surface area contributed by atoms with Crippen LogP contribution in [0.2, 0.25) is 0 Å². The van der Waals surface area contributed by atoms with Gasteiger partial charge < -0.3 is 10.2 Å². The second kappa shape index (κ2) is 2.70. The third kappa shape index (κ3) is 1.04. The van der Waals surface area contributed by atoms with Crippen molar-refractivity contribution in [3.8, 4) is 0 Å². The van der Waals surface area contributed by atoms with Crippen LogP contribution in [-0.4, -0.2) is 22.8 Å². The minimum absolute atomic E-state index is 0.00250. The first kappa shape index (κ1) is 8.51. The molecule has 3 unspecified atom stereocenters. The van der Waals surface area contributed by atoms with E-state index in [2.05, 4.69) is 0 Å². The summed E-state index contributed by atoms with van der Waals surface area (Å²) >= 11 is 0. The Morgan fingerprint density at radius 1 is 1.46 bits per heavy atom. The average molecular weight is 180 g/mol. The second-order valence-corrected chi connectivity index (χ2v) is 3.76. The average Bonchev–Trinajstić information content (AvgIpc) is 2.07. The number of carboxylic acid groups (broad SMARTS) is 1. The van der Waals surface area contributed by atoms with E-state index in [4.69, 9.17) is 10.2 Å². The van der Waals surface area contributed by atoms with E-state index in [0.717, 1.165) is 0 Å². The molecule has 0 spiro atoms. The highest BCUT2D eigenvalue weighted by Crippen LogP contribution is 2.48. The van der Waals surface area contributed by atoms with Crippen molar-refractivity contribution in [2.24, 2.45) is 17.3 Å². The van der Waals surface area contributed by atoms with E-state index in [1.165, 1.54) is 0 Å². The van der Waals surface area contributed by atoms with Crippen LogP contribution in [0, 0.1) is 17.3 Å². The van der Waals surface area contributed by atoms with E-state index in [9.17, 15) is 4.79 Å². The number of hydrogen-bond acceptors (Lipinski definition) is 2. The highest BCUT2D eigenvalue weighted by Gasteiger charge is 2.49. The molecule has 0 saturated heterocycles. The van der Waals surface area contributed by atoms with Crippen molar-refractivity contribution in [2.45, 2.75) is 6.42 Å². The highest BCUT2D eigenvalue weighted by atomic mass is 16.4. The van der Waals surface area contributed by atoms with Gasteiger partial charge in [0.25, 0.3) is 0 Å². The van der Waals surface area contributed by atoms with E-state index in [1.807, 2.05) is 18.2 Å². The summed E-state index contributed by atoms with van der Waals surface area (Å²) in [6.45, 7) is 0.0338. The summed E-state index contributed by atoms with van der Waals surface area (Å²) in [6, 6.07) is 0. The smallest absolute Gasteiger partial charge is 0.314 e. The number of aliphatic carboxylic acids is 1. The molecule has 0 aliphatic heterocycles. The Morgan fingerprint density at radius 3 is 2.69 bits per heavy atom. The van der Waals surface area contributed by atoms with Gasteiger partial charge in [-0.15, -0.1) is 0 Å². The van der Waals surface area contributed by atoms with Crippen LogP contribution in [0.15, 0.2) is 24.3 Å². The molecule has 3 heteroatoms. The van der Waals surface area contributed by atoms with Crippen molar-refractivity contribution in [3.63, 3.8) is 0 Å². The SMILES string of the molecule is O=C(O)C12C=CC1C=CC(CO)C2. The lowest BCUT2D eigenvalue weighted by Crippen LogP contribution is -2.44. The van der Waals surface area contributed by atoms with E-state index < -0.39 is 11.4 Å². The molecule has 0 radical (unpaired) electrons. The summed E-state index contributed by atoms with van der Waals surface area (Å²) < 4.78 is 0. The zero-order chi connectivity index (χ0) is 9.47. The molecule has 70 valence electrons. The summed E-state index contributed by atoms with van der Waals surface area (Å²) in [5.74, 6) is -0.743. The van der Waals surface area contributed by atoms with E-state index in [1.54, 1.807) is 6.08 Å². The molecule has 3 nitrogen and oxygen atoms in total. The molecule has 0 bridgehead atoms. The maximum Gasteiger partial charge on any atom is 0.314 e. The first-order chi connectivity index (χ1) is 6.19. The number of hydrogen-bond donors (Lipinski definition) is 2. The van der Waals surface area contributed by atoms with Crippen LogP contribution in [-0.2, 0) is 4.79 Å². The topological polar surface area (TPSA) is 57.5 Å². The number of aliphatic hydroxyl groups excluding tert-OH is 1. The van der Waals surface area contributed by atoms with Crippen molar-refractivity contribution in [3.05, 3.63) is 24.3 Å². The fourth-order valence-corrected chi connectivity index (χ4v) is 2.08. The third-order valence-electron chi connectivity index (χ3n) is 3.02. The fraction of sp³-hybridized carbons (Fsp3) is 0.500. The van der Waals surface area contributed by atoms with Crippen molar-refractivity contribution >= 4 is 5.97 Å². The van der Waals surface area contributed by atoms with Crippen molar-refractivity contribution in [1.29, 1.82) is 0 Å². The van der Waals surface area contributed by atoms with Crippen molar-refractivity contribution < 1.29 is 15.0 Å². The maximum absolute atomic E-state index is 11.0. The van der Waals surface area contributed by atoms with Gasteiger partial charge >= 0.3 is 5.97 Å². The Kier molecular flexibility index (Phi) is 1.77. The monoisotopic (exact) mass is 180 g/mol. The third-order valence-corrected chi connectivity index (χ3v) is 3.02. The molecule has 0 heterocycles. The second-order valence-electron chi connectivity index (χ2n) is 3.76. The van der Waals surface area contributed by atoms with Gasteiger partial charge in [-0.25, -0.2) is 0 Å². The lowest BCUT2D eigenvalue weighted by molar-refractivity contribution is -0.150. The Bertz CT molecular complexity index is 293. The van der Waals surface area contributed by atoms with Crippen LogP contribution >= 0.6 is 0 Å². The molecule has 0 fully saturated rings. The number of carboxylic acids is 1. The molecule has 0 aromatic carbocycles. The number of carbonyl (C=O) groups is 1. The Hall–Kier alpha value is -1.09. The summed E-state index contributed by atoms with van der Waals surface area (Å²) in [5, 5.41) is 18.0. The quantitative estimate of drug-likeness (QED) is 0.618.